The topological polar surface area (TPSA) is 99.2 Å². The van der Waals surface area contributed by atoms with Crippen molar-refractivity contribution in [2.75, 3.05) is 32.8 Å². The van der Waals surface area contributed by atoms with Crippen LogP contribution in [-0.4, -0.2) is 65.6 Å². The number of aliphatic carboxylic acids is 1. The first-order valence-electron chi connectivity index (χ1n) is 9.78. The van der Waals surface area contributed by atoms with Crippen molar-refractivity contribution in [2.24, 2.45) is 5.92 Å². The maximum absolute atomic E-state index is 12.6. The van der Waals surface area contributed by atoms with Crippen molar-refractivity contribution in [3.63, 3.8) is 0 Å². The lowest BCUT2D eigenvalue weighted by Crippen LogP contribution is -2.49. The molecule has 2 heterocycles. The van der Waals surface area contributed by atoms with E-state index in [0.717, 1.165) is 44.3 Å². The average Bonchev–Trinajstić information content (AvgIpc) is 3.25. The highest BCUT2D eigenvalue weighted by Crippen LogP contribution is 2.20. The number of hydrogen-bond donors (Lipinski definition) is 2. The number of carbonyl (C=O) groups is 3. The number of piperidine rings is 1. The molecular weight excluding hydrogens is 362 g/mol. The Morgan fingerprint density at radius 2 is 1.86 bits per heavy atom. The Kier molecular flexibility index (Phi) is 6.73. The number of nitrogens with one attached hydrogen (secondary N) is 1. The largest absolute Gasteiger partial charge is 0.482 e. The third-order valence-electron chi connectivity index (χ3n) is 5.17. The van der Waals surface area contributed by atoms with E-state index in [9.17, 15) is 14.4 Å². The molecule has 2 aliphatic heterocycles. The standard InChI is InChI=1S/C20H27N3O5/c24-18(25)14-28-17-7-3-5-15(11-17)12-21-19(26)16-6-4-10-23(13-16)20(27)22-8-1-2-9-22/h3,5,7,11,16H,1-2,4,6,8-10,12-14H2,(H,21,26)(H,24,25). The minimum atomic E-state index is -1.04. The average molecular weight is 389 g/mol. The van der Waals surface area contributed by atoms with E-state index < -0.39 is 12.6 Å². The van der Waals surface area contributed by atoms with Gasteiger partial charge in [-0.2, -0.15) is 0 Å². The predicted molar refractivity (Wildman–Crippen MR) is 102 cm³/mol. The third-order valence-corrected chi connectivity index (χ3v) is 5.17. The van der Waals surface area contributed by atoms with Gasteiger partial charge in [-0.05, 0) is 43.4 Å². The Bertz CT molecular complexity index is 718. The molecule has 0 saturated carbocycles. The van der Waals surface area contributed by atoms with Crippen LogP contribution in [0.25, 0.3) is 0 Å². The SMILES string of the molecule is O=C(O)COc1cccc(CNC(=O)C2CCCN(C(=O)N3CCCC3)C2)c1. The normalized spacial score (nSPS) is 19.4. The molecule has 2 fully saturated rings. The van der Waals surface area contributed by atoms with E-state index in [0.29, 0.717) is 25.4 Å². The van der Waals surface area contributed by atoms with Crippen molar-refractivity contribution in [3.05, 3.63) is 29.8 Å². The zero-order valence-electron chi connectivity index (χ0n) is 15.9. The summed E-state index contributed by atoms with van der Waals surface area (Å²) in [6.45, 7) is 2.72. The van der Waals surface area contributed by atoms with Gasteiger partial charge in [0.1, 0.15) is 5.75 Å². The van der Waals surface area contributed by atoms with Crippen LogP contribution in [0.5, 0.6) is 5.75 Å². The van der Waals surface area contributed by atoms with Crippen molar-refractivity contribution >= 4 is 17.9 Å². The maximum atomic E-state index is 12.6. The smallest absolute Gasteiger partial charge is 0.341 e. The number of carboxylic acids is 1. The second-order valence-corrected chi connectivity index (χ2v) is 7.31. The summed E-state index contributed by atoms with van der Waals surface area (Å²) < 4.78 is 5.16. The maximum Gasteiger partial charge on any atom is 0.341 e. The first-order valence-corrected chi connectivity index (χ1v) is 9.78. The van der Waals surface area contributed by atoms with Crippen molar-refractivity contribution in [1.82, 2.24) is 15.1 Å². The monoisotopic (exact) mass is 389 g/mol. The van der Waals surface area contributed by atoms with Crippen molar-refractivity contribution in [1.29, 1.82) is 0 Å². The summed E-state index contributed by atoms with van der Waals surface area (Å²) in [5.74, 6) is -0.847. The van der Waals surface area contributed by atoms with E-state index in [1.165, 1.54) is 0 Å². The molecule has 2 saturated heterocycles. The number of carbonyl (C=O) groups excluding carboxylic acids is 2. The van der Waals surface area contributed by atoms with E-state index in [2.05, 4.69) is 5.32 Å². The molecule has 3 rings (SSSR count). The van der Waals surface area contributed by atoms with Crippen LogP contribution in [0.4, 0.5) is 4.79 Å². The summed E-state index contributed by atoms with van der Waals surface area (Å²) in [7, 11) is 0. The fraction of sp³-hybridized carbons (Fsp3) is 0.550. The zero-order valence-corrected chi connectivity index (χ0v) is 15.9. The number of likely N-dealkylation sites (tertiary alicyclic amines) is 2. The predicted octanol–water partition coefficient (Wildman–Crippen LogP) is 1.69. The van der Waals surface area contributed by atoms with Crippen LogP contribution >= 0.6 is 0 Å². The molecule has 3 amide bonds. The molecule has 152 valence electrons. The van der Waals surface area contributed by atoms with Gasteiger partial charge in [0.25, 0.3) is 0 Å². The minimum Gasteiger partial charge on any atom is -0.482 e. The zero-order chi connectivity index (χ0) is 19.9. The van der Waals surface area contributed by atoms with Gasteiger partial charge in [-0.15, -0.1) is 0 Å². The molecule has 1 aromatic rings. The van der Waals surface area contributed by atoms with Gasteiger partial charge in [0, 0.05) is 32.7 Å². The number of carboxylic acid groups (broad SMARTS) is 1. The van der Waals surface area contributed by atoms with Crippen LogP contribution in [0.3, 0.4) is 0 Å². The summed E-state index contributed by atoms with van der Waals surface area (Å²) >= 11 is 0. The minimum absolute atomic E-state index is 0.0540. The Balaban J connectivity index is 1.49. The summed E-state index contributed by atoms with van der Waals surface area (Å²) in [6.07, 6.45) is 3.71. The van der Waals surface area contributed by atoms with Crippen LogP contribution in [0, 0.1) is 5.92 Å². The number of ether oxygens (including phenoxy) is 1. The summed E-state index contributed by atoms with van der Waals surface area (Å²) in [6, 6.07) is 7.05. The molecule has 1 aromatic carbocycles. The molecule has 28 heavy (non-hydrogen) atoms. The third kappa shape index (κ3) is 5.37. The van der Waals surface area contributed by atoms with Crippen molar-refractivity contribution in [3.8, 4) is 5.75 Å². The lowest BCUT2D eigenvalue weighted by molar-refractivity contribution is -0.139. The highest BCUT2D eigenvalue weighted by Gasteiger charge is 2.31. The van der Waals surface area contributed by atoms with Gasteiger partial charge in [-0.3, -0.25) is 4.79 Å². The van der Waals surface area contributed by atoms with E-state index in [4.69, 9.17) is 9.84 Å². The van der Waals surface area contributed by atoms with Crippen LogP contribution in [-0.2, 0) is 16.1 Å². The molecule has 0 aromatic heterocycles. The Morgan fingerprint density at radius 1 is 1.11 bits per heavy atom. The molecule has 0 bridgehead atoms. The van der Waals surface area contributed by atoms with Gasteiger partial charge < -0.3 is 25.0 Å². The molecule has 1 unspecified atom stereocenters. The second kappa shape index (κ2) is 9.43. The molecule has 2 N–H and O–H groups in total. The molecule has 0 spiro atoms. The van der Waals surface area contributed by atoms with Crippen LogP contribution < -0.4 is 10.1 Å². The van der Waals surface area contributed by atoms with E-state index in [1.54, 1.807) is 23.1 Å². The van der Waals surface area contributed by atoms with Crippen molar-refractivity contribution in [2.45, 2.75) is 32.2 Å². The number of urea groups is 1. The molecule has 1 atom stereocenters. The van der Waals surface area contributed by atoms with E-state index in [1.807, 2.05) is 11.0 Å². The molecule has 2 aliphatic rings. The lowest BCUT2D eigenvalue weighted by atomic mass is 9.97. The van der Waals surface area contributed by atoms with Crippen molar-refractivity contribution < 1.29 is 24.2 Å². The van der Waals surface area contributed by atoms with Gasteiger partial charge >= 0.3 is 12.0 Å². The summed E-state index contributed by atoms with van der Waals surface area (Å²) in [5, 5.41) is 11.6. The molecule has 8 heteroatoms. The molecular formula is C20H27N3O5. The lowest BCUT2D eigenvalue weighted by Gasteiger charge is -2.34. The Morgan fingerprint density at radius 3 is 2.61 bits per heavy atom. The second-order valence-electron chi connectivity index (χ2n) is 7.31. The first kappa shape index (κ1) is 20.0. The molecule has 0 radical (unpaired) electrons. The fourth-order valence-electron chi connectivity index (χ4n) is 3.70. The van der Waals surface area contributed by atoms with Gasteiger partial charge in [0.05, 0.1) is 5.92 Å². The number of rotatable bonds is 6. The summed E-state index contributed by atoms with van der Waals surface area (Å²) in [4.78, 5) is 39.4. The number of nitrogens with zero attached hydrogens (tertiary/aromatic N) is 2. The van der Waals surface area contributed by atoms with Crippen LogP contribution in [0.2, 0.25) is 0 Å². The molecule has 0 aliphatic carbocycles. The Labute approximate surface area is 164 Å². The van der Waals surface area contributed by atoms with Gasteiger partial charge in [-0.1, -0.05) is 12.1 Å². The highest BCUT2D eigenvalue weighted by atomic mass is 16.5. The van der Waals surface area contributed by atoms with Gasteiger partial charge in [0.15, 0.2) is 6.61 Å². The number of hydrogen-bond acceptors (Lipinski definition) is 4. The summed E-state index contributed by atoms with van der Waals surface area (Å²) in [5.41, 5.74) is 0.831. The van der Waals surface area contributed by atoms with E-state index >= 15 is 0 Å². The number of amides is 3. The Hall–Kier alpha value is -2.77. The van der Waals surface area contributed by atoms with Gasteiger partial charge in [-0.25, -0.2) is 9.59 Å². The van der Waals surface area contributed by atoms with Gasteiger partial charge in [0.2, 0.25) is 5.91 Å². The quantitative estimate of drug-likeness (QED) is 0.771. The number of benzene rings is 1. The van der Waals surface area contributed by atoms with Crippen LogP contribution in [0.15, 0.2) is 24.3 Å². The molecule has 8 nitrogen and oxygen atoms in total. The van der Waals surface area contributed by atoms with E-state index in [-0.39, 0.29) is 17.9 Å². The first-order chi connectivity index (χ1) is 13.5. The van der Waals surface area contributed by atoms with Crippen LogP contribution in [0.1, 0.15) is 31.2 Å². The highest BCUT2D eigenvalue weighted by molar-refractivity contribution is 5.81. The fourth-order valence-corrected chi connectivity index (χ4v) is 3.70.